The minimum atomic E-state index is 0. The van der Waals surface area contributed by atoms with Crippen LogP contribution in [0.15, 0.2) is 83.5 Å². The molecule has 33 heavy (non-hydrogen) atoms. The molecule has 0 aliphatic rings. The maximum absolute atomic E-state index is 6.82. The monoisotopic (exact) mass is 567 g/mol. The number of allylic oxidation sites excluding steroid dienone is 2. The second-order valence-electron chi connectivity index (χ2n) is 6.69. The van der Waals surface area contributed by atoms with Crippen molar-refractivity contribution in [3.8, 4) is 0 Å². The van der Waals surface area contributed by atoms with Gasteiger partial charge in [-0.3, -0.25) is 4.99 Å². The zero-order chi connectivity index (χ0) is 23.5. The summed E-state index contributed by atoms with van der Waals surface area (Å²) in [6.45, 7) is 3.68. The van der Waals surface area contributed by atoms with Gasteiger partial charge in [0.15, 0.2) is 0 Å². The predicted octanol–water partition coefficient (Wildman–Crippen LogP) is 9.88. The molecule has 0 amide bonds. The molecule has 0 radical (unpaired) electrons. The third-order valence-electron chi connectivity index (χ3n) is 4.05. The number of nitrogens with zero attached hydrogens (tertiary/aromatic N) is 2. The average Bonchev–Trinajstić information content (AvgIpc) is 2.75. The summed E-state index contributed by atoms with van der Waals surface area (Å²) in [6.07, 6.45) is 3.97. The molecule has 0 fully saturated rings. The fourth-order valence-electron chi connectivity index (χ4n) is 2.64. The van der Waals surface area contributed by atoms with E-state index < -0.39 is 0 Å². The number of benzene rings is 3. The van der Waals surface area contributed by atoms with Crippen LogP contribution in [0.3, 0.4) is 0 Å². The summed E-state index contributed by atoms with van der Waals surface area (Å²) in [6, 6.07) is 20.5. The van der Waals surface area contributed by atoms with E-state index in [4.69, 9.17) is 51.8 Å². The summed E-state index contributed by atoms with van der Waals surface area (Å²) in [7, 11) is 0. The SMILES string of the molecule is CC(/C=C(/C)[N-]c1c(Cl)cccc1Cl)=Nc1c(Cl)cccc1Cl.N=CCc1ccccc1.[Cu+]. The van der Waals surface area contributed by atoms with Gasteiger partial charge in [-0.25, -0.2) is 0 Å². The summed E-state index contributed by atoms with van der Waals surface area (Å²) in [5.41, 5.74) is 3.70. The van der Waals surface area contributed by atoms with Crippen molar-refractivity contribution in [3.05, 3.63) is 109 Å². The van der Waals surface area contributed by atoms with Crippen molar-refractivity contribution in [2.75, 3.05) is 0 Å². The molecule has 3 aromatic carbocycles. The summed E-state index contributed by atoms with van der Waals surface area (Å²) < 4.78 is 0. The predicted molar refractivity (Wildman–Crippen MR) is 141 cm³/mol. The van der Waals surface area contributed by atoms with Crippen molar-refractivity contribution >= 4 is 69.7 Å². The van der Waals surface area contributed by atoms with Crippen LogP contribution in [-0.4, -0.2) is 11.9 Å². The molecule has 0 aliphatic carbocycles. The van der Waals surface area contributed by atoms with Gasteiger partial charge in [0.1, 0.15) is 5.69 Å². The van der Waals surface area contributed by atoms with E-state index in [0.717, 1.165) is 6.42 Å². The van der Waals surface area contributed by atoms with E-state index >= 15 is 0 Å². The minimum absolute atomic E-state index is 0. The molecule has 1 N–H and O–H groups in total. The number of nitrogens with one attached hydrogen (secondary N) is 1. The van der Waals surface area contributed by atoms with E-state index in [-0.39, 0.29) is 17.1 Å². The molecule has 0 aliphatic heterocycles. The number of halogens is 4. The average molecular weight is 570 g/mol. The second-order valence-corrected chi connectivity index (χ2v) is 8.31. The second kappa shape index (κ2) is 15.2. The van der Waals surface area contributed by atoms with Gasteiger partial charge in [-0.2, -0.15) is 5.70 Å². The van der Waals surface area contributed by atoms with Crippen molar-refractivity contribution in [2.24, 2.45) is 4.99 Å². The van der Waals surface area contributed by atoms with Crippen LogP contribution in [0.25, 0.3) is 5.32 Å². The van der Waals surface area contributed by atoms with E-state index in [0.29, 0.717) is 42.9 Å². The maximum Gasteiger partial charge on any atom is 1.00 e. The summed E-state index contributed by atoms with van der Waals surface area (Å²) in [5, 5.41) is 13.2. The van der Waals surface area contributed by atoms with Crippen LogP contribution in [-0.2, 0) is 23.5 Å². The third-order valence-corrected chi connectivity index (χ3v) is 5.27. The quantitative estimate of drug-likeness (QED) is 0.227. The number of para-hydroxylation sites is 2. The van der Waals surface area contributed by atoms with Gasteiger partial charge in [0, 0.05) is 22.2 Å². The molecule has 0 aromatic heterocycles. The fourth-order valence-corrected chi connectivity index (χ4v) is 3.61. The van der Waals surface area contributed by atoms with Gasteiger partial charge in [0.25, 0.3) is 0 Å². The third kappa shape index (κ3) is 9.93. The molecule has 0 heterocycles. The van der Waals surface area contributed by atoms with Crippen molar-refractivity contribution in [2.45, 2.75) is 20.3 Å². The number of aliphatic imine (C=N–C) groups is 1. The van der Waals surface area contributed by atoms with Gasteiger partial charge in [0.2, 0.25) is 0 Å². The Labute approximate surface area is 225 Å². The molecule has 0 saturated heterocycles. The van der Waals surface area contributed by atoms with Gasteiger partial charge in [-0.15, -0.1) is 0 Å². The Bertz CT molecular complexity index is 1080. The first kappa shape index (κ1) is 29.3. The van der Waals surface area contributed by atoms with Crippen LogP contribution >= 0.6 is 46.4 Å². The van der Waals surface area contributed by atoms with Crippen LogP contribution in [0.1, 0.15) is 19.4 Å². The van der Waals surface area contributed by atoms with Gasteiger partial charge in [-0.1, -0.05) is 108 Å². The Kier molecular flexibility index (Phi) is 13.5. The standard InChI is InChI=1S/C17H13Cl4N2.C8H9N.Cu/c1-10(22-16-12(18)5-3-6-13(16)19)9-11(2)23-17-14(20)7-4-8-15(17)21;9-7-6-8-4-2-1-3-5-8;/h3-9H,1-2H3;1-5,7,9H,6H2;/q-1;;+1/b10-9-,23-11?;;. The largest absolute Gasteiger partial charge is 1.00 e. The number of rotatable bonds is 6. The first-order chi connectivity index (χ1) is 15.3. The molecular weight excluding hydrogens is 548 g/mol. The molecule has 3 nitrogen and oxygen atoms in total. The Morgan fingerprint density at radius 2 is 1.33 bits per heavy atom. The zero-order valence-corrected chi connectivity index (χ0v) is 21.9. The van der Waals surface area contributed by atoms with Gasteiger partial charge in [0.05, 0.1) is 10.0 Å². The molecule has 3 rings (SSSR count). The summed E-state index contributed by atoms with van der Waals surface area (Å²) in [4.78, 5) is 4.43. The Hall–Kier alpha value is -1.78. The number of hydrogen-bond donors (Lipinski definition) is 1. The van der Waals surface area contributed by atoms with E-state index in [9.17, 15) is 0 Å². The fraction of sp³-hybridized carbons (Fsp3) is 0.120. The van der Waals surface area contributed by atoms with Crippen LogP contribution in [0.2, 0.25) is 20.1 Å². The molecule has 3 aromatic rings. The topological polar surface area (TPSA) is 50.3 Å². The van der Waals surface area contributed by atoms with Crippen molar-refractivity contribution in [1.82, 2.24) is 0 Å². The van der Waals surface area contributed by atoms with E-state index in [1.807, 2.05) is 44.2 Å². The summed E-state index contributed by atoms with van der Waals surface area (Å²) >= 11 is 24.4. The Morgan fingerprint density at radius 3 is 1.85 bits per heavy atom. The first-order valence-electron chi connectivity index (χ1n) is 9.68. The smallest absolute Gasteiger partial charge is 0.659 e. The van der Waals surface area contributed by atoms with Gasteiger partial charge in [-0.05, 0) is 43.0 Å². The molecule has 176 valence electrons. The molecule has 0 atom stereocenters. The Balaban J connectivity index is 0.000000458. The molecule has 8 heteroatoms. The maximum atomic E-state index is 6.82. The van der Waals surface area contributed by atoms with Gasteiger partial charge >= 0.3 is 17.1 Å². The van der Waals surface area contributed by atoms with E-state index in [1.165, 1.54) is 11.8 Å². The van der Waals surface area contributed by atoms with Crippen molar-refractivity contribution in [1.29, 1.82) is 5.41 Å². The van der Waals surface area contributed by atoms with Crippen molar-refractivity contribution < 1.29 is 17.1 Å². The van der Waals surface area contributed by atoms with Crippen LogP contribution in [0, 0.1) is 5.41 Å². The number of hydrogen-bond acceptors (Lipinski definition) is 2. The van der Waals surface area contributed by atoms with Crippen molar-refractivity contribution in [3.63, 3.8) is 0 Å². The van der Waals surface area contributed by atoms with Crippen LogP contribution in [0.5, 0.6) is 0 Å². The zero-order valence-electron chi connectivity index (χ0n) is 17.9. The van der Waals surface area contributed by atoms with Gasteiger partial charge < -0.3 is 10.7 Å². The molecule has 0 unspecified atom stereocenters. The van der Waals surface area contributed by atoms with Crippen LogP contribution in [0.4, 0.5) is 11.4 Å². The summed E-state index contributed by atoms with van der Waals surface area (Å²) in [5.74, 6) is 0. The first-order valence-corrected chi connectivity index (χ1v) is 11.2. The normalized spacial score (nSPS) is 11.1. The Morgan fingerprint density at radius 1 is 0.818 bits per heavy atom. The van der Waals surface area contributed by atoms with E-state index in [2.05, 4.69) is 10.3 Å². The van der Waals surface area contributed by atoms with Crippen LogP contribution < -0.4 is 0 Å². The molecule has 0 saturated carbocycles. The minimum Gasteiger partial charge on any atom is -0.659 e. The molecule has 0 bridgehead atoms. The van der Waals surface area contributed by atoms with E-state index in [1.54, 1.807) is 42.5 Å². The molecular formula is C25H22Cl4CuN3. The molecule has 0 spiro atoms.